The van der Waals surface area contributed by atoms with Gasteiger partial charge in [-0.05, 0) is 37.6 Å². The molecule has 0 bridgehead atoms. The minimum absolute atomic E-state index is 0.106. The molecule has 0 aliphatic rings. The number of aliphatic hydroxyl groups is 1. The maximum Gasteiger partial charge on any atom is 0.264 e. The largest absolute Gasteiger partial charge is 0.492 e. The summed E-state index contributed by atoms with van der Waals surface area (Å²) in [5.41, 5.74) is 8.33. The second kappa shape index (κ2) is 8.03. The van der Waals surface area contributed by atoms with Gasteiger partial charge in [0, 0.05) is 22.3 Å². The van der Waals surface area contributed by atoms with E-state index in [1.165, 1.54) is 0 Å². The molecule has 0 aliphatic heterocycles. The predicted molar refractivity (Wildman–Crippen MR) is 102 cm³/mol. The van der Waals surface area contributed by atoms with Crippen molar-refractivity contribution in [3.63, 3.8) is 0 Å². The van der Waals surface area contributed by atoms with Crippen LogP contribution in [-0.4, -0.2) is 39.2 Å². The van der Waals surface area contributed by atoms with Crippen LogP contribution in [0.4, 0.5) is 0 Å². The Morgan fingerprint density at radius 2 is 2.15 bits per heavy atom. The number of carbonyl (C=O) groups excluding carboxylic acids is 1. The second-order valence-corrected chi connectivity index (χ2v) is 6.81. The van der Waals surface area contributed by atoms with Crippen LogP contribution in [0.2, 0.25) is 0 Å². The van der Waals surface area contributed by atoms with Crippen LogP contribution in [-0.2, 0) is 6.61 Å². The van der Waals surface area contributed by atoms with Gasteiger partial charge in [0.15, 0.2) is 5.78 Å². The van der Waals surface area contributed by atoms with Crippen molar-refractivity contribution in [1.29, 1.82) is 0 Å². The minimum Gasteiger partial charge on any atom is -0.492 e. The van der Waals surface area contributed by atoms with Gasteiger partial charge in [0.1, 0.15) is 24.7 Å². The van der Waals surface area contributed by atoms with Gasteiger partial charge in [-0.25, -0.2) is 0 Å². The highest BCUT2D eigenvalue weighted by Crippen LogP contribution is 2.32. The molecule has 3 aromatic rings. The Hall–Kier alpha value is -2.49. The zero-order chi connectivity index (χ0) is 19.6. The van der Waals surface area contributed by atoms with Crippen molar-refractivity contribution in [3.8, 4) is 17.3 Å². The Bertz CT molecular complexity index is 980. The van der Waals surface area contributed by atoms with Crippen molar-refractivity contribution >= 4 is 21.7 Å². The molecule has 4 N–H and O–H groups in total. The average Bonchev–Trinajstić information content (AvgIpc) is 3.24. The van der Waals surface area contributed by atoms with Crippen LogP contribution in [0, 0.1) is 13.8 Å². The molecule has 0 radical (unpaired) electrons. The number of aliphatic hydroxyl groups excluding tert-OH is 1. The number of carbonyl (C=O) groups is 1. The number of rotatable bonds is 7. The number of aromatic nitrogens is 3. The average molecular weight is 435 g/mol. The molecule has 0 unspecified atom stereocenters. The molecular weight excluding hydrogens is 416 g/mol. The maximum absolute atomic E-state index is 13.3. The number of benzene rings is 1. The van der Waals surface area contributed by atoms with E-state index >= 15 is 0 Å². The zero-order valence-electron chi connectivity index (χ0n) is 14.9. The number of nitrogens with two attached hydrogens (primary N) is 1. The number of nitrogens with one attached hydrogen (secondary N) is 1. The number of nitrogens with zero attached hydrogens (tertiary/aromatic N) is 2. The Kier molecular flexibility index (Phi) is 5.73. The van der Waals surface area contributed by atoms with E-state index in [-0.39, 0.29) is 24.2 Å². The van der Waals surface area contributed by atoms with Crippen molar-refractivity contribution in [2.45, 2.75) is 20.5 Å². The molecule has 2 heterocycles. The van der Waals surface area contributed by atoms with Crippen LogP contribution in [0.1, 0.15) is 33.1 Å². The van der Waals surface area contributed by atoms with Crippen molar-refractivity contribution in [2.24, 2.45) is 5.73 Å². The summed E-state index contributed by atoms with van der Waals surface area (Å²) < 4.78 is 11.8. The standard InChI is InChI=1S/C18H19BrN4O4/c1-9-15(10(2)21-16(9)18-23-22-14(8-24)27-18)17(25)12-7-11(19)3-4-13(12)26-6-5-20/h3-4,7,21,24H,5-6,8,20H2,1-2H3. The van der Waals surface area contributed by atoms with E-state index in [0.29, 0.717) is 47.0 Å². The number of H-pyrrole nitrogens is 1. The lowest BCUT2D eigenvalue weighted by atomic mass is 9.99. The predicted octanol–water partition coefficient (Wildman–Crippen LogP) is 2.50. The van der Waals surface area contributed by atoms with Gasteiger partial charge in [0.05, 0.1) is 5.56 Å². The van der Waals surface area contributed by atoms with Gasteiger partial charge in [0.25, 0.3) is 5.89 Å². The van der Waals surface area contributed by atoms with Crippen LogP contribution >= 0.6 is 15.9 Å². The highest BCUT2D eigenvalue weighted by Gasteiger charge is 2.25. The van der Waals surface area contributed by atoms with E-state index in [1.54, 1.807) is 32.0 Å². The smallest absolute Gasteiger partial charge is 0.264 e. The molecule has 27 heavy (non-hydrogen) atoms. The maximum atomic E-state index is 13.3. The number of aryl methyl sites for hydroxylation is 1. The fourth-order valence-electron chi connectivity index (χ4n) is 2.83. The first-order valence-corrected chi connectivity index (χ1v) is 9.05. The molecule has 0 aliphatic carbocycles. The molecule has 0 saturated carbocycles. The van der Waals surface area contributed by atoms with Gasteiger partial charge < -0.3 is 25.0 Å². The number of hydrogen-bond acceptors (Lipinski definition) is 7. The van der Waals surface area contributed by atoms with E-state index in [2.05, 4.69) is 31.1 Å². The number of ether oxygens (including phenoxy) is 1. The highest BCUT2D eigenvalue weighted by molar-refractivity contribution is 9.10. The van der Waals surface area contributed by atoms with Gasteiger partial charge in [-0.2, -0.15) is 0 Å². The summed E-state index contributed by atoms with van der Waals surface area (Å²) in [5, 5.41) is 16.8. The van der Waals surface area contributed by atoms with E-state index in [9.17, 15) is 4.79 Å². The van der Waals surface area contributed by atoms with Gasteiger partial charge in [-0.1, -0.05) is 15.9 Å². The third-order valence-electron chi connectivity index (χ3n) is 4.04. The third-order valence-corrected chi connectivity index (χ3v) is 4.54. The zero-order valence-corrected chi connectivity index (χ0v) is 16.5. The van der Waals surface area contributed by atoms with Crippen LogP contribution in [0.25, 0.3) is 11.6 Å². The quantitative estimate of drug-likeness (QED) is 0.487. The summed E-state index contributed by atoms with van der Waals surface area (Å²) in [6.07, 6.45) is 0. The van der Waals surface area contributed by atoms with Gasteiger partial charge in [-0.15, -0.1) is 10.2 Å². The Labute approximate surface area is 163 Å². The van der Waals surface area contributed by atoms with Gasteiger partial charge in [0.2, 0.25) is 5.89 Å². The summed E-state index contributed by atoms with van der Waals surface area (Å²) in [5.74, 6) is 0.597. The molecule has 2 aromatic heterocycles. The van der Waals surface area contributed by atoms with Crippen molar-refractivity contribution < 1.29 is 19.1 Å². The Morgan fingerprint density at radius 1 is 1.37 bits per heavy atom. The molecule has 0 spiro atoms. The first-order chi connectivity index (χ1) is 13.0. The molecule has 1 aromatic carbocycles. The van der Waals surface area contributed by atoms with Gasteiger partial charge >= 0.3 is 0 Å². The SMILES string of the molecule is Cc1[nH]c(-c2nnc(CO)o2)c(C)c1C(=O)c1cc(Br)ccc1OCCN. The topological polar surface area (TPSA) is 127 Å². The molecule has 0 amide bonds. The first kappa shape index (κ1) is 19.3. The molecule has 142 valence electrons. The molecule has 3 rings (SSSR count). The molecule has 0 saturated heterocycles. The van der Waals surface area contributed by atoms with E-state index in [0.717, 1.165) is 4.47 Å². The normalized spacial score (nSPS) is 11.0. The van der Waals surface area contributed by atoms with Crippen molar-refractivity contribution in [3.05, 3.63) is 50.9 Å². The van der Waals surface area contributed by atoms with Crippen LogP contribution < -0.4 is 10.5 Å². The summed E-state index contributed by atoms with van der Waals surface area (Å²) in [6, 6.07) is 5.26. The van der Waals surface area contributed by atoms with E-state index in [1.807, 2.05) is 0 Å². The number of aromatic amines is 1. The van der Waals surface area contributed by atoms with E-state index < -0.39 is 0 Å². The minimum atomic E-state index is -0.350. The Morgan fingerprint density at radius 3 is 2.81 bits per heavy atom. The highest BCUT2D eigenvalue weighted by atomic mass is 79.9. The fraction of sp³-hybridized carbons (Fsp3) is 0.278. The molecular formula is C18H19BrN4O4. The van der Waals surface area contributed by atoms with Crippen LogP contribution in [0.5, 0.6) is 5.75 Å². The Balaban J connectivity index is 2.04. The van der Waals surface area contributed by atoms with Crippen LogP contribution in [0.3, 0.4) is 0 Å². The van der Waals surface area contributed by atoms with Gasteiger partial charge in [-0.3, -0.25) is 4.79 Å². The summed E-state index contributed by atoms with van der Waals surface area (Å²) in [6.45, 7) is 3.90. The van der Waals surface area contributed by atoms with Crippen molar-refractivity contribution in [2.75, 3.05) is 13.2 Å². The lowest BCUT2D eigenvalue weighted by Gasteiger charge is -2.11. The number of ketones is 1. The summed E-state index contributed by atoms with van der Waals surface area (Å²) in [4.78, 5) is 16.4. The summed E-state index contributed by atoms with van der Waals surface area (Å²) in [7, 11) is 0. The summed E-state index contributed by atoms with van der Waals surface area (Å²) >= 11 is 3.40. The monoisotopic (exact) mass is 434 g/mol. The van der Waals surface area contributed by atoms with E-state index in [4.69, 9.17) is 20.0 Å². The lowest BCUT2D eigenvalue weighted by molar-refractivity contribution is 0.103. The molecule has 9 heteroatoms. The number of halogens is 1. The van der Waals surface area contributed by atoms with Crippen molar-refractivity contribution in [1.82, 2.24) is 15.2 Å². The molecule has 8 nitrogen and oxygen atoms in total. The molecule has 0 atom stereocenters. The fourth-order valence-corrected chi connectivity index (χ4v) is 3.19. The third kappa shape index (κ3) is 3.80. The number of hydrogen-bond donors (Lipinski definition) is 3. The first-order valence-electron chi connectivity index (χ1n) is 8.26. The molecule has 0 fully saturated rings. The van der Waals surface area contributed by atoms with Crippen LogP contribution in [0.15, 0.2) is 27.1 Å². The lowest BCUT2D eigenvalue weighted by Crippen LogP contribution is -2.13. The second-order valence-electron chi connectivity index (χ2n) is 5.89.